The van der Waals surface area contributed by atoms with Crippen LogP contribution in [0.4, 0.5) is 9.59 Å². The molecule has 0 aromatic heterocycles. The summed E-state index contributed by atoms with van der Waals surface area (Å²) in [5, 5.41) is 2.88. The molecule has 20 heavy (non-hydrogen) atoms. The Morgan fingerprint density at radius 1 is 1.15 bits per heavy atom. The van der Waals surface area contributed by atoms with Gasteiger partial charge in [0.25, 0.3) is 0 Å². The Labute approximate surface area is 120 Å². The number of ether oxygens (including phenoxy) is 1. The fourth-order valence-electron chi connectivity index (χ4n) is 2.24. The maximum atomic E-state index is 11.9. The van der Waals surface area contributed by atoms with Gasteiger partial charge in [-0.1, -0.05) is 19.3 Å². The molecule has 0 radical (unpaired) electrons. The molecule has 1 rings (SSSR count). The molecule has 0 bridgehead atoms. The van der Waals surface area contributed by atoms with Gasteiger partial charge in [-0.3, -0.25) is 4.90 Å². The molecule has 1 aliphatic rings. The highest BCUT2D eigenvalue weighted by molar-refractivity contribution is 5.99. The molecule has 7 nitrogen and oxygen atoms in total. The summed E-state index contributed by atoms with van der Waals surface area (Å²) in [6.45, 7) is 0. The molecule has 1 aliphatic carbocycles. The quantitative estimate of drug-likeness (QED) is 0.587. The molecule has 114 valence electrons. The zero-order valence-electron chi connectivity index (χ0n) is 12.7. The maximum Gasteiger partial charge on any atom is 0.416 e. The lowest BCUT2D eigenvalue weighted by Gasteiger charge is -2.25. The van der Waals surface area contributed by atoms with Crippen molar-refractivity contribution in [2.75, 3.05) is 28.3 Å². The van der Waals surface area contributed by atoms with E-state index in [2.05, 4.69) is 15.0 Å². The number of aliphatic imine (C=N–C) groups is 1. The summed E-state index contributed by atoms with van der Waals surface area (Å²) in [5.74, 6) is 0.241. The van der Waals surface area contributed by atoms with Crippen molar-refractivity contribution in [2.24, 2.45) is 4.99 Å². The van der Waals surface area contributed by atoms with Crippen molar-refractivity contribution < 1.29 is 14.3 Å². The molecule has 1 N–H and O–H groups in total. The van der Waals surface area contributed by atoms with Crippen LogP contribution in [0.5, 0.6) is 0 Å². The van der Waals surface area contributed by atoms with Gasteiger partial charge in [-0.15, -0.1) is 0 Å². The predicted octanol–water partition coefficient (Wildman–Crippen LogP) is 1.64. The largest absolute Gasteiger partial charge is 0.452 e. The molecule has 0 aromatic rings. The number of guanidine groups is 1. The number of rotatable bonds is 1. The van der Waals surface area contributed by atoms with Crippen LogP contribution >= 0.6 is 0 Å². The summed E-state index contributed by atoms with van der Waals surface area (Å²) < 4.78 is 4.62. The Kier molecular flexibility index (Phi) is 6.27. The minimum atomic E-state index is -0.567. The molecule has 0 aromatic carbocycles. The van der Waals surface area contributed by atoms with E-state index in [1.807, 2.05) is 0 Å². The zero-order valence-corrected chi connectivity index (χ0v) is 12.7. The van der Waals surface area contributed by atoms with Crippen LogP contribution in [-0.2, 0) is 4.74 Å². The summed E-state index contributed by atoms with van der Waals surface area (Å²) in [6, 6.07) is -0.233. The lowest BCUT2D eigenvalue weighted by molar-refractivity contribution is 0.149. The first kappa shape index (κ1) is 16.3. The lowest BCUT2D eigenvalue weighted by atomic mass is 9.96. The van der Waals surface area contributed by atoms with Crippen LogP contribution in [0.15, 0.2) is 4.99 Å². The van der Waals surface area contributed by atoms with Crippen molar-refractivity contribution in [3.8, 4) is 0 Å². The fraction of sp³-hybridized carbons (Fsp3) is 0.769. The SMILES string of the molecule is COC(=O)N(C)/C(=N/C(=O)NC1CCCCC1)N(C)C. The van der Waals surface area contributed by atoms with E-state index in [1.54, 1.807) is 19.0 Å². The smallest absolute Gasteiger partial charge is 0.416 e. The van der Waals surface area contributed by atoms with E-state index in [-0.39, 0.29) is 12.0 Å². The minimum Gasteiger partial charge on any atom is -0.452 e. The van der Waals surface area contributed by atoms with E-state index < -0.39 is 12.1 Å². The summed E-state index contributed by atoms with van der Waals surface area (Å²) in [5.41, 5.74) is 0. The number of carbonyl (C=O) groups excluding carboxylic acids is 2. The normalized spacial score (nSPS) is 16.5. The third-order valence-corrected chi connectivity index (χ3v) is 3.28. The molecular formula is C13H24N4O3. The Morgan fingerprint density at radius 3 is 2.25 bits per heavy atom. The molecule has 1 fully saturated rings. The predicted molar refractivity (Wildman–Crippen MR) is 76.7 cm³/mol. The van der Waals surface area contributed by atoms with Gasteiger partial charge in [-0.25, -0.2) is 9.59 Å². The summed E-state index contributed by atoms with van der Waals surface area (Å²) in [6.07, 6.45) is 4.91. The second kappa shape index (κ2) is 7.72. The van der Waals surface area contributed by atoms with E-state index in [0.29, 0.717) is 0 Å². The van der Waals surface area contributed by atoms with Crippen LogP contribution in [-0.4, -0.2) is 62.2 Å². The van der Waals surface area contributed by atoms with Gasteiger partial charge in [0.1, 0.15) is 0 Å². The molecule has 0 heterocycles. The molecular weight excluding hydrogens is 260 g/mol. The average molecular weight is 284 g/mol. The van der Waals surface area contributed by atoms with Gasteiger partial charge < -0.3 is 15.0 Å². The van der Waals surface area contributed by atoms with E-state index in [0.717, 1.165) is 25.7 Å². The van der Waals surface area contributed by atoms with Gasteiger partial charge in [0.15, 0.2) is 0 Å². The van der Waals surface area contributed by atoms with Crippen LogP contribution in [0.1, 0.15) is 32.1 Å². The minimum absolute atomic E-state index is 0.187. The van der Waals surface area contributed by atoms with Crippen LogP contribution < -0.4 is 5.32 Å². The zero-order chi connectivity index (χ0) is 15.1. The number of hydrogen-bond acceptors (Lipinski definition) is 3. The number of methoxy groups -OCH3 is 1. The van der Waals surface area contributed by atoms with Crippen LogP contribution in [0, 0.1) is 0 Å². The first-order valence-corrected chi connectivity index (χ1v) is 6.84. The third-order valence-electron chi connectivity index (χ3n) is 3.28. The summed E-state index contributed by atoms with van der Waals surface area (Å²) in [7, 11) is 6.23. The van der Waals surface area contributed by atoms with Crippen molar-refractivity contribution >= 4 is 18.1 Å². The number of carbonyl (C=O) groups is 2. The fourth-order valence-corrected chi connectivity index (χ4v) is 2.24. The molecule has 3 amide bonds. The Bertz CT molecular complexity index is 376. The summed E-state index contributed by atoms with van der Waals surface area (Å²) >= 11 is 0. The Hall–Kier alpha value is -1.79. The number of urea groups is 1. The van der Waals surface area contributed by atoms with Crippen molar-refractivity contribution in [3.63, 3.8) is 0 Å². The topological polar surface area (TPSA) is 74.2 Å². The van der Waals surface area contributed by atoms with Crippen LogP contribution in [0.2, 0.25) is 0 Å². The number of amides is 3. The van der Waals surface area contributed by atoms with Gasteiger partial charge >= 0.3 is 12.1 Å². The van der Waals surface area contributed by atoms with Gasteiger partial charge in [-0.05, 0) is 12.8 Å². The van der Waals surface area contributed by atoms with Crippen molar-refractivity contribution in [1.29, 1.82) is 0 Å². The van der Waals surface area contributed by atoms with E-state index >= 15 is 0 Å². The highest BCUT2D eigenvalue weighted by Gasteiger charge is 2.20. The summed E-state index contributed by atoms with van der Waals surface area (Å²) in [4.78, 5) is 30.2. The van der Waals surface area contributed by atoms with E-state index in [4.69, 9.17) is 0 Å². The monoisotopic (exact) mass is 284 g/mol. The maximum absolute atomic E-state index is 11.9. The average Bonchev–Trinajstić information content (AvgIpc) is 2.44. The molecule has 0 spiro atoms. The number of nitrogens with zero attached hydrogens (tertiary/aromatic N) is 3. The molecule has 0 aliphatic heterocycles. The molecule has 1 saturated carbocycles. The van der Waals surface area contributed by atoms with Crippen LogP contribution in [0.25, 0.3) is 0 Å². The third kappa shape index (κ3) is 4.71. The Morgan fingerprint density at radius 2 is 1.75 bits per heavy atom. The van der Waals surface area contributed by atoms with E-state index in [1.165, 1.54) is 25.5 Å². The standard InChI is InChI=1S/C13H24N4O3/c1-16(2)12(17(3)13(19)20-4)15-11(18)14-10-8-6-5-7-9-10/h10H,5-9H2,1-4H3,(H,14,18)/b15-12+. The molecule has 0 atom stereocenters. The number of nitrogens with one attached hydrogen (secondary N) is 1. The van der Waals surface area contributed by atoms with Crippen molar-refractivity contribution in [2.45, 2.75) is 38.1 Å². The highest BCUT2D eigenvalue weighted by atomic mass is 16.5. The van der Waals surface area contributed by atoms with E-state index in [9.17, 15) is 9.59 Å². The van der Waals surface area contributed by atoms with Crippen LogP contribution in [0.3, 0.4) is 0 Å². The van der Waals surface area contributed by atoms with Crippen molar-refractivity contribution in [1.82, 2.24) is 15.1 Å². The molecule has 0 saturated heterocycles. The first-order chi connectivity index (χ1) is 9.45. The van der Waals surface area contributed by atoms with Gasteiger partial charge in [0.05, 0.1) is 7.11 Å². The van der Waals surface area contributed by atoms with Gasteiger partial charge in [-0.2, -0.15) is 4.99 Å². The second-order valence-corrected chi connectivity index (χ2v) is 5.12. The molecule has 0 unspecified atom stereocenters. The van der Waals surface area contributed by atoms with Crippen molar-refractivity contribution in [3.05, 3.63) is 0 Å². The second-order valence-electron chi connectivity index (χ2n) is 5.12. The van der Waals surface area contributed by atoms with Gasteiger partial charge in [0.2, 0.25) is 5.96 Å². The Balaban J connectivity index is 2.69. The first-order valence-electron chi connectivity index (χ1n) is 6.84. The highest BCUT2D eigenvalue weighted by Crippen LogP contribution is 2.17. The lowest BCUT2D eigenvalue weighted by Crippen LogP contribution is -2.44. The van der Waals surface area contributed by atoms with Gasteiger partial charge in [0, 0.05) is 27.2 Å². The number of hydrogen-bond donors (Lipinski definition) is 1. The molecule has 7 heteroatoms.